The van der Waals surface area contributed by atoms with E-state index < -0.39 is 12.0 Å². The van der Waals surface area contributed by atoms with Gasteiger partial charge in [-0.1, -0.05) is 30.0 Å². The zero-order chi connectivity index (χ0) is 22.1. The lowest BCUT2D eigenvalue weighted by atomic mass is 10.1. The maximum atomic E-state index is 12.6. The second kappa shape index (κ2) is 8.68. The van der Waals surface area contributed by atoms with Crippen molar-refractivity contribution in [1.29, 1.82) is 0 Å². The molecule has 1 atom stereocenters. The van der Waals surface area contributed by atoms with Crippen LogP contribution in [-0.4, -0.2) is 43.7 Å². The Balaban J connectivity index is 1.47. The standard InChI is InChI=1S/C22H22N4O3S2/c1-11-12(2)31-21-19(11)20(24-13(3)25-21)30-10-18(27)26-17(22(28)29)8-14-9-23-16-7-5-4-6-15(14)16/h4-7,9,17,23H,8,10H2,1-3H3,(H,26,27)(H,28,29)/t17-/m0/s1. The number of H-pyrrole nitrogens is 1. The fourth-order valence-corrected chi connectivity index (χ4v) is 5.59. The predicted octanol–water partition coefficient (Wildman–Crippen LogP) is 4.00. The van der Waals surface area contributed by atoms with Crippen LogP contribution in [0.15, 0.2) is 35.5 Å². The first kappa shape index (κ1) is 21.3. The first-order valence-corrected chi connectivity index (χ1v) is 11.6. The number of aliphatic carboxylic acids is 1. The van der Waals surface area contributed by atoms with Gasteiger partial charge in [-0.2, -0.15) is 0 Å². The molecule has 1 aromatic carbocycles. The number of fused-ring (bicyclic) bond motifs is 2. The number of thioether (sulfide) groups is 1. The van der Waals surface area contributed by atoms with E-state index in [1.54, 1.807) is 17.5 Å². The maximum Gasteiger partial charge on any atom is 0.326 e. The Morgan fingerprint density at radius 3 is 2.77 bits per heavy atom. The molecule has 4 rings (SSSR count). The van der Waals surface area contributed by atoms with Gasteiger partial charge >= 0.3 is 5.97 Å². The normalized spacial score (nSPS) is 12.4. The molecule has 3 aromatic heterocycles. The van der Waals surface area contributed by atoms with Crippen LogP contribution in [0.5, 0.6) is 0 Å². The summed E-state index contributed by atoms with van der Waals surface area (Å²) in [6, 6.07) is 6.68. The minimum atomic E-state index is -1.06. The summed E-state index contributed by atoms with van der Waals surface area (Å²) >= 11 is 2.92. The van der Waals surface area contributed by atoms with Crippen LogP contribution in [0, 0.1) is 20.8 Å². The third-order valence-electron chi connectivity index (χ3n) is 5.18. The van der Waals surface area contributed by atoms with E-state index >= 15 is 0 Å². The van der Waals surface area contributed by atoms with Gasteiger partial charge in [-0.15, -0.1) is 11.3 Å². The van der Waals surface area contributed by atoms with Crippen molar-refractivity contribution in [2.45, 2.75) is 38.3 Å². The molecule has 160 valence electrons. The average Bonchev–Trinajstić information content (AvgIpc) is 3.26. The van der Waals surface area contributed by atoms with E-state index in [0.717, 1.165) is 37.3 Å². The highest BCUT2D eigenvalue weighted by molar-refractivity contribution is 8.00. The SMILES string of the molecule is Cc1nc(SCC(=O)N[C@@H](Cc2c[nH]c3ccccc23)C(=O)O)c2c(C)c(C)sc2n1. The van der Waals surface area contributed by atoms with Gasteiger partial charge < -0.3 is 15.4 Å². The number of carboxylic acid groups (broad SMARTS) is 1. The summed E-state index contributed by atoms with van der Waals surface area (Å²) in [6.07, 6.45) is 2.00. The molecule has 1 amide bonds. The lowest BCUT2D eigenvalue weighted by Crippen LogP contribution is -2.43. The average molecular weight is 455 g/mol. The van der Waals surface area contributed by atoms with Crippen LogP contribution in [-0.2, 0) is 16.0 Å². The van der Waals surface area contributed by atoms with Gasteiger partial charge in [0, 0.05) is 33.8 Å². The lowest BCUT2D eigenvalue weighted by molar-refractivity contribution is -0.141. The van der Waals surface area contributed by atoms with E-state index in [2.05, 4.69) is 20.3 Å². The molecule has 0 radical (unpaired) electrons. The number of nitrogens with one attached hydrogen (secondary N) is 2. The van der Waals surface area contributed by atoms with Gasteiger partial charge in [0.15, 0.2) is 0 Å². The molecule has 3 N–H and O–H groups in total. The molecule has 0 unspecified atom stereocenters. The topological polar surface area (TPSA) is 108 Å². The number of carbonyl (C=O) groups is 2. The summed E-state index contributed by atoms with van der Waals surface area (Å²) in [5.41, 5.74) is 2.91. The molecule has 0 aliphatic carbocycles. The summed E-state index contributed by atoms with van der Waals surface area (Å²) in [7, 11) is 0. The fraction of sp³-hybridized carbons (Fsp3) is 0.273. The van der Waals surface area contributed by atoms with E-state index in [1.807, 2.05) is 45.0 Å². The minimum Gasteiger partial charge on any atom is -0.480 e. The van der Waals surface area contributed by atoms with E-state index in [4.69, 9.17) is 0 Å². The Kier molecular flexibility index (Phi) is 5.97. The first-order chi connectivity index (χ1) is 14.8. The Bertz CT molecular complexity index is 1290. The van der Waals surface area contributed by atoms with Crippen LogP contribution in [0.2, 0.25) is 0 Å². The van der Waals surface area contributed by atoms with Crippen molar-refractivity contribution in [1.82, 2.24) is 20.3 Å². The van der Waals surface area contributed by atoms with Crippen molar-refractivity contribution in [3.05, 3.63) is 52.3 Å². The van der Waals surface area contributed by atoms with Crippen molar-refractivity contribution < 1.29 is 14.7 Å². The van der Waals surface area contributed by atoms with Gasteiger partial charge in [0.25, 0.3) is 0 Å². The van der Waals surface area contributed by atoms with Crippen LogP contribution >= 0.6 is 23.1 Å². The largest absolute Gasteiger partial charge is 0.480 e. The molecule has 9 heteroatoms. The molecule has 0 aliphatic rings. The van der Waals surface area contributed by atoms with Crippen molar-refractivity contribution in [3.63, 3.8) is 0 Å². The highest BCUT2D eigenvalue weighted by Crippen LogP contribution is 2.35. The van der Waals surface area contributed by atoms with E-state index in [0.29, 0.717) is 5.82 Å². The van der Waals surface area contributed by atoms with Gasteiger partial charge in [-0.05, 0) is 38.0 Å². The Morgan fingerprint density at radius 1 is 1.23 bits per heavy atom. The van der Waals surface area contributed by atoms with E-state index in [-0.39, 0.29) is 18.1 Å². The van der Waals surface area contributed by atoms with Crippen molar-refractivity contribution in [3.8, 4) is 0 Å². The van der Waals surface area contributed by atoms with Crippen LogP contribution in [0.4, 0.5) is 0 Å². The fourth-order valence-electron chi connectivity index (χ4n) is 3.51. The van der Waals surface area contributed by atoms with Crippen LogP contribution in [0.3, 0.4) is 0 Å². The Morgan fingerprint density at radius 2 is 2.00 bits per heavy atom. The molecule has 0 saturated heterocycles. The zero-order valence-electron chi connectivity index (χ0n) is 17.4. The quantitative estimate of drug-likeness (QED) is 0.288. The van der Waals surface area contributed by atoms with Gasteiger partial charge in [-0.3, -0.25) is 4.79 Å². The second-order valence-electron chi connectivity index (χ2n) is 7.35. The van der Waals surface area contributed by atoms with Crippen molar-refractivity contribution in [2.75, 3.05) is 5.75 Å². The number of thiophene rings is 1. The Hall–Kier alpha value is -2.91. The molecule has 0 saturated carbocycles. The molecule has 0 bridgehead atoms. The molecular formula is C22H22N4O3S2. The summed E-state index contributed by atoms with van der Waals surface area (Å²) in [4.78, 5) is 38.6. The maximum absolute atomic E-state index is 12.6. The molecular weight excluding hydrogens is 432 g/mol. The summed E-state index contributed by atoms with van der Waals surface area (Å²) in [5, 5.41) is 15.0. The van der Waals surface area contributed by atoms with Crippen LogP contribution in [0.1, 0.15) is 21.8 Å². The third-order valence-corrected chi connectivity index (χ3v) is 7.26. The molecule has 3 heterocycles. The van der Waals surface area contributed by atoms with E-state index in [1.165, 1.54) is 16.6 Å². The highest BCUT2D eigenvalue weighted by Gasteiger charge is 2.22. The van der Waals surface area contributed by atoms with Crippen LogP contribution < -0.4 is 5.32 Å². The number of rotatable bonds is 7. The number of amides is 1. The summed E-state index contributed by atoms with van der Waals surface area (Å²) < 4.78 is 0. The highest BCUT2D eigenvalue weighted by atomic mass is 32.2. The summed E-state index contributed by atoms with van der Waals surface area (Å²) in [6.45, 7) is 5.90. The number of carbonyl (C=O) groups excluding carboxylic acids is 1. The van der Waals surface area contributed by atoms with Gasteiger partial charge in [0.2, 0.25) is 5.91 Å². The van der Waals surface area contributed by atoms with E-state index in [9.17, 15) is 14.7 Å². The minimum absolute atomic E-state index is 0.0809. The monoisotopic (exact) mass is 454 g/mol. The summed E-state index contributed by atoms with van der Waals surface area (Å²) in [5.74, 6) is -0.670. The number of aromatic amines is 1. The number of carboxylic acids is 1. The predicted molar refractivity (Wildman–Crippen MR) is 124 cm³/mol. The molecule has 31 heavy (non-hydrogen) atoms. The number of hydrogen-bond acceptors (Lipinski definition) is 6. The smallest absolute Gasteiger partial charge is 0.326 e. The van der Waals surface area contributed by atoms with Gasteiger partial charge in [0.1, 0.15) is 21.7 Å². The number of para-hydroxylation sites is 1. The van der Waals surface area contributed by atoms with Crippen LogP contribution in [0.25, 0.3) is 21.1 Å². The number of benzene rings is 1. The molecule has 4 aromatic rings. The van der Waals surface area contributed by atoms with Crippen molar-refractivity contribution in [2.24, 2.45) is 0 Å². The number of hydrogen-bond donors (Lipinski definition) is 3. The van der Waals surface area contributed by atoms with Gasteiger partial charge in [-0.25, -0.2) is 14.8 Å². The van der Waals surface area contributed by atoms with Gasteiger partial charge in [0.05, 0.1) is 5.75 Å². The molecule has 7 nitrogen and oxygen atoms in total. The molecule has 0 spiro atoms. The lowest BCUT2D eigenvalue weighted by Gasteiger charge is -2.14. The van der Waals surface area contributed by atoms with Crippen molar-refractivity contribution >= 4 is 56.1 Å². The zero-order valence-corrected chi connectivity index (χ0v) is 19.0. The first-order valence-electron chi connectivity index (χ1n) is 9.77. The number of aryl methyl sites for hydroxylation is 3. The molecule has 0 fully saturated rings. The number of aromatic nitrogens is 3. The third kappa shape index (κ3) is 4.42. The Labute approximate surface area is 187 Å². The second-order valence-corrected chi connectivity index (χ2v) is 9.52. The molecule has 0 aliphatic heterocycles. The number of nitrogens with zero attached hydrogens (tertiary/aromatic N) is 2.